The minimum Gasteiger partial charge on any atom is -0.302 e. The lowest BCUT2D eigenvalue weighted by molar-refractivity contribution is 0.269. The maximum Gasteiger partial charge on any atom is 0.240 e. The van der Waals surface area contributed by atoms with Gasteiger partial charge in [-0.05, 0) is 44.1 Å². The topological polar surface area (TPSA) is 49.4 Å². The van der Waals surface area contributed by atoms with Crippen molar-refractivity contribution in [1.29, 1.82) is 0 Å². The molecular weight excluding hydrogens is 355 g/mol. The fraction of sp³-hybridized carbons (Fsp3) is 0.625. The highest BCUT2D eigenvalue weighted by atomic mass is 35.5. The summed E-state index contributed by atoms with van der Waals surface area (Å²) in [5.74, 6) is 0. The maximum atomic E-state index is 12.3. The van der Waals surface area contributed by atoms with E-state index in [-0.39, 0.29) is 9.92 Å². The molecule has 0 bridgehead atoms. The predicted molar refractivity (Wildman–Crippen MR) is 97.9 cm³/mol. The van der Waals surface area contributed by atoms with Gasteiger partial charge in [0, 0.05) is 13.1 Å². The number of hydrogen-bond donors (Lipinski definition) is 1. The summed E-state index contributed by atoms with van der Waals surface area (Å²) in [7, 11) is -3.56. The summed E-state index contributed by atoms with van der Waals surface area (Å²) in [5.41, 5.74) is 0. The van der Waals surface area contributed by atoms with Crippen LogP contribution in [-0.2, 0) is 10.0 Å². The minimum atomic E-state index is -3.56. The second-order valence-electron chi connectivity index (χ2n) is 5.52. The molecule has 132 valence electrons. The van der Waals surface area contributed by atoms with Crippen LogP contribution in [0.1, 0.15) is 39.5 Å². The van der Waals surface area contributed by atoms with Crippen LogP contribution in [0.2, 0.25) is 10.0 Å². The quantitative estimate of drug-likeness (QED) is 0.626. The molecule has 0 fully saturated rings. The normalized spacial score (nSPS) is 12.0. The van der Waals surface area contributed by atoms with Crippen LogP contribution in [0.4, 0.5) is 0 Å². The molecule has 1 aromatic carbocycles. The second kappa shape index (κ2) is 10.5. The Hall–Kier alpha value is -0.330. The SMILES string of the molecule is CCCCN(CCCC)CCNS(=O)(=O)c1ccc(Cl)c(Cl)c1. The zero-order valence-corrected chi connectivity index (χ0v) is 16.1. The van der Waals surface area contributed by atoms with Crippen molar-refractivity contribution >= 4 is 33.2 Å². The lowest BCUT2D eigenvalue weighted by Crippen LogP contribution is -2.36. The van der Waals surface area contributed by atoms with E-state index in [0.717, 1.165) is 38.8 Å². The third kappa shape index (κ3) is 7.40. The van der Waals surface area contributed by atoms with E-state index in [1.807, 2.05) is 0 Å². The van der Waals surface area contributed by atoms with Gasteiger partial charge in [0.1, 0.15) is 0 Å². The van der Waals surface area contributed by atoms with Gasteiger partial charge in [-0.15, -0.1) is 0 Å². The highest BCUT2D eigenvalue weighted by Crippen LogP contribution is 2.24. The summed E-state index contributed by atoms with van der Waals surface area (Å²) in [4.78, 5) is 2.45. The largest absolute Gasteiger partial charge is 0.302 e. The number of nitrogens with zero attached hydrogens (tertiary/aromatic N) is 1. The zero-order valence-electron chi connectivity index (χ0n) is 13.8. The van der Waals surface area contributed by atoms with Crippen LogP contribution in [0.5, 0.6) is 0 Å². The van der Waals surface area contributed by atoms with Crippen LogP contribution < -0.4 is 4.72 Å². The average Bonchev–Trinajstić information content (AvgIpc) is 2.51. The van der Waals surface area contributed by atoms with Crippen LogP contribution in [0, 0.1) is 0 Å². The molecule has 0 aliphatic rings. The summed E-state index contributed by atoms with van der Waals surface area (Å²) in [6.45, 7) is 7.42. The molecule has 1 aromatic rings. The van der Waals surface area contributed by atoms with Crippen LogP contribution in [0.15, 0.2) is 23.1 Å². The zero-order chi connectivity index (χ0) is 17.3. The van der Waals surface area contributed by atoms with E-state index < -0.39 is 10.0 Å². The fourth-order valence-corrected chi connectivity index (χ4v) is 3.57. The van der Waals surface area contributed by atoms with Gasteiger partial charge < -0.3 is 4.90 Å². The van der Waals surface area contributed by atoms with Crippen molar-refractivity contribution in [3.05, 3.63) is 28.2 Å². The van der Waals surface area contributed by atoms with Crippen molar-refractivity contribution in [3.8, 4) is 0 Å². The lowest BCUT2D eigenvalue weighted by atomic mass is 10.2. The lowest BCUT2D eigenvalue weighted by Gasteiger charge is -2.22. The summed E-state index contributed by atoms with van der Waals surface area (Å²) < 4.78 is 27.2. The van der Waals surface area contributed by atoms with E-state index in [2.05, 4.69) is 23.5 Å². The summed E-state index contributed by atoms with van der Waals surface area (Å²) >= 11 is 11.7. The highest BCUT2D eigenvalue weighted by molar-refractivity contribution is 7.89. The average molecular weight is 381 g/mol. The Morgan fingerprint density at radius 1 is 1.00 bits per heavy atom. The van der Waals surface area contributed by atoms with Crippen molar-refractivity contribution in [2.45, 2.75) is 44.4 Å². The molecule has 23 heavy (non-hydrogen) atoms. The summed E-state index contributed by atoms with van der Waals surface area (Å²) in [6, 6.07) is 4.33. The maximum absolute atomic E-state index is 12.3. The molecule has 0 saturated carbocycles. The predicted octanol–water partition coefficient (Wildman–Crippen LogP) is 4.17. The molecule has 0 unspecified atom stereocenters. The highest BCUT2D eigenvalue weighted by Gasteiger charge is 2.15. The third-order valence-corrected chi connectivity index (χ3v) is 5.77. The third-order valence-electron chi connectivity index (χ3n) is 3.58. The Kier molecular flexibility index (Phi) is 9.47. The van der Waals surface area contributed by atoms with Crippen molar-refractivity contribution in [2.24, 2.45) is 0 Å². The fourth-order valence-electron chi connectivity index (χ4n) is 2.16. The van der Waals surface area contributed by atoms with Gasteiger partial charge >= 0.3 is 0 Å². The van der Waals surface area contributed by atoms with E-state index in [1.165, 1.54) is 18.2 Å². The standard InChI is InChI=1S/C16H26Cl2N2O2S/c1-3-5-10-20(11-6-4-2)12-9-19-23(21,22)14-7-8-15(17)16(18)13-14/h7-8,13,19H,3-6,9-12H2,1-2H3. The molecule has 0 spiro atoms. The first kappa shape index (κ1) is 20.7. The van der Waals surface area contributed by atoms with E-state index in [4.69, 9.17) is 23.2 Å². The van der Waals surface area contributed by atoms with E-state index in [1.54, 1.807) is 0 Å². The molecule has 0 aliphatic carbocycles. The van der Waals surface area contributed by atoms with Crippen LogP contribution >= 0.6 is 23.2 Å². The Morgan fingerprint density at radius 3 is 2.13 bits per heavy atom. The molecule has 0 aromatic heterocycles. The van der Waals surface area contributed by atoms with Crippen molar-refractivity contribution in [1.82, 2.24) is 9.62 Å². The molecular formula is C16H26Cl2N2O2S. The Labute approximate surface area is 150 Å². The van der Waals surface area contributed by atoms with E-state index in [9.17, 15) is 8.42 Å². The number of benzene rings is 1. The van der Waals surface area contributed by atoms with Gasteiger partial charge in [-0.3, -0.25) is 0 Å². The summed E-state index contributed by atoms with van der Waals surface area (Å²) in [6.07, 6.45) is 4.53. The van der Waals surface area contributed by atoms with Gasteiger partial charge in [0.15, 0.2) is 0 Å². The van der Waals surface area contributed by atoms with E-state index >= 15 is 0 Å². The van der Waals surface area contributed by atoms with Gasteiger partial charge in [-0.2, -0.15) is 0 Å². The monoisotopic (exact) mass is 380 g/mol. The molecule has 0 atom stereocenters. The number of halogens is 2. The van der Waals surface area contributed by atoms with Gasteiger partial charge in [0.05, 0.1) is 14.9 Å². The van der Waals surface area contributed by atoms with Gasteiger partial charge in [0.25, 0.3) is 0 Å². The number of sulfonamides is 1. The molecule has 0 amide bonds. The Bertz CT molecular complexity index is 571. The van der Waals surface area contributed by atoms with Gasteiger partial charge in [0.2, 0.25) is 10.0 Å². The first-order chi connectivity index (χ1) is 10.9. The molecule has 4 nitrogen and oxygen atoms in total. The van der Waals surface area contributed by atoms with Crippen molar-refractivity contribution in [2.75, 3.05) is 26.2 Å². The Balaban J connectivity index is 2.57. The summed E-state index contributed by atoms with van der Waals surface area (Å²) in [5, 5.41) is 0.581. The molecule has 0 saturated heterocycles. The first-order valence-electron chi connectivity index (χ1n) is 8.07. The van der Waals surface area contributed by atoms with Crippen molar-refractivity contribution < 1.29 is 8.42 Å². The molecule has 0 radical (unpaired) electrons. The molecule has 1 N–H and O–H groups in total. The smallest absolute Gasteiger partial charge is 0.240 e. The number of rotatable bonds is 11. The van der Waals surface area contributed by atoms with Crippen LogP contribution in [-0.4, -0.2) is 39.5 Å². The van der Waals surface area contributed by atoms with Crippen LogP contribution in [0.25, 0.3) is 0 Å². The van der Waals surface area contributed by atoms with Gasteiger partial charge in [-0.25, -0.2) is 13.1 Å². The first-order valence-corrected chi connectivity index (χ1v) is 10.3. The molecule has 0 heterocycles. The number of hydrogen-bond acceptors (Lipinski definition) is 3. The molecule has 0 aliphatic heterocycles. The number of unbranched alkanes of at least 4 members (excludes halogenated alkanes) is 2. The Morgan fingerprint density at radius 2 is 1.61 bits per heavy atom. The van der Waals surface area contributed by atoms with E-state index in [0.29, 0.717) is 18.1 Å². The van der Waals surface area contributed by atoms with Crippen molar-refractivity contribution in [3.63, 3.8) is 0 Å². The second-order valence-corrected chi connectivity index (χ2v) is 8.10. The van der Waals surface area contributed by atoms with Crippen LogP contribution in [0.3, 0.4) is 0 Å². The molecule has 7 heteroatoms. The minimum absolute atomic E-state index is 0.139. The van der Waals surface area contributed by atoms with Gasteiger partial charge in [-0.1, -0.05) is 49.9 Å². The number of nitrogens with one attached hydrogen (secondary N) is 1. The molecule has 1 rings (SSSR count).